The summed E-state index contributed by atoms with van der Waals surface area (Å²) in [6.45, 7) is 3.69. The van der Waals surface area contributed by atoms with Gasteiger partial charge in [0.2, 0.25) is 0 Å². The zero-order chi connectivity index (χ0) is 23.4. The van der Waals surface area contributed by atoms with Gasteiger partial charge in [-0.2, -0.15) is 0 Å². The molecule has 0 radical (unpaired) electrons. The number of hydrogen-bond acceptors (Lipinski definition) is 6. The third-order valence-corrected chi connectivity index (χ3v) is 5.58. The van der Waals surface area contributed by atoms with Crippen molar-refractivity contribution in [3.05, 3.63) is 57.8 Å². The lowest BCUT2D eigenvalue weighted by Crippen LogP contribution is -2.11. The predicted molar refractivity (Wildman–Crippen MR) is 123 cm³/mol. The lowest BCUT2D eigenvalue weighted by molar-refractivity contribution is 0.0462. The van der Waals surface area contributed by atoms with Crippen LogP contribution in [0.25, 0.3) is 10.8 Å². The largest absolute Gasteiger partial charge is 0.497 e. The lowest BCUT2D eigenvalue weighted by Gasteiger charge is -2.20. The molecule has 0 atom stereocenters. The molecule has 3 aromatic carbocycles. The topological polar surface area (TPSA) is 63.2 Å². The van der Waals surface area contributed by atoms with Gasteiger partial charge in [0.15, 0.2) is 0 Å². The molecule has 3 aromatic rings. The van der Waals surface area contributed by atoms with E-state index in [1.54, 1.807) is 20.3 Å². The molecule has 8 heteroatoms. The Morgan fingerprint density at radius 2 is 1.75 bits per heavy atom. The summed E-state index contributed by atoms with van der Waals surface area (Å²) < 4.78 is 42.4. The Balaban J connectivity index is 2.05. The number of fused-ring (bicyclic) bond motifs is 1. The van der Waals surface area contributed by atoms with Crippen LogP contribution in [0, 0.1) is 5.82 Å². The number of halogens is 2. The molecule has 6 nitrogen and oxygen atoms in total. The summed E-state index contributed by atoms with van der Waals surface area (Å²) in [7, 11) is 4.50. The van der Waals surface area contributed by atoms with Gasteiger partial charge in [-0.15, -0.1) is 0 Å². The first-order valence-electron chi connectivity index (χ1n) is 9.84. The number of carbonyl (C=O) groups is 1. The normalized spacial score (nSPS) is 10.9. The van der Waals surface area contributed by atoms with Crippen LogP contribution in [-0.2, 0) is 11.3 Å². The second-order valence-electron chi connectivity index (χ2n) is 7.17. The smallest absolute Gasteiger partial charge is 0.345 e. The third-order valence-electron chi connectivity index (χ3n) is 4.71. The standard InChI is InChI=1S/C24H24BrFO6/c1-13(2)32-23-20-14(10-16(28-3)11-19(20)30-5)9-15(22(23)25)12-31-24(27)21-17(26)7-6-8-18(21)29-4/h6-11,13H,12H2,1-5H3. The summed E-state index contributed by atoms with van der Waals surface area (Å²) >= 11 is 3.58. The maximum absolute atomic E-state index is 14.2. The summed E-state index contributed by atoms with van der Waals surface area (Å²) in [5.41, 5.74) is 0.376. The number of benzene rings is 3. The highest BCUT2D eigenvalue weighted by Crippen LogP contribution is 2.44. The quantitative estimate of drug-likeness (QED) is 0.354. The molecule has 0 aromatic heterocycles. The maximum atomic E-state index is 14.2. The van der Waals surface area contributed by atoms with Crippen molar-refractivity contribution >= 4 is 32.7 Å². The second kappa shape index (κ2) is 10.1. The molecule has 170 valence electrons. The molecular weight excluding hydrogens is 483 g/mol. The molecule has 0 amide bonds. The second-order valence-corrected chi connectivity index (χ2v) is 7.96. The minimum absolute atomic E-state index is 0.103. The summed E-state index contributed by atoms with van der Waals surface area (Å²) in [4.78, 5) is 12.6. The van der Waals surface area contributed by atoms with Crippen LogP contribution in [0.5, 0.6) is 23.0 Å². The highest BCUT2D eigenvalue weighted by Gasteiger charge is 2.22. The molecule has 0 saturated carbocycles. The molecule has 0 bridgehead atoms. The van der Waals surface area contributed by atoms with Crippen LogP contribution in [0.2, 0.25) is 0 Å². The highest BCUT2D eigenvalue weighted by molar-refractivity contribution is 9.10. The van der Waals surface area contributed by atoms with Crippen molar-refractivity contribution in [1.82, 2.24) is 0 Å². The molecule has 0 unspecified atom stereocenters. The van der Waals surface area contributed by atoms with E-state index in [2.05, 4.69) is 15.9 Å². The van der Waals surface area contributed by atoms with E-state index in [1.807, 2.05) is 26.0 Å². The van der Waals surface area contributed by atoms with Crippen molar-refractivity contribution in [1.29, 1.82) is 0 Å². The van der Waals surface area contributed by atoms with Gasteiger partial charge >= 0.3 is 5.97 Å². The molecule has 0 N–H and O–H groups in total. The van der Waals surface area contributed by atoms with Crippen molar-refractivity contribution in [2.45, 2.75) is 26.6 Å². The zero-order valence-electron chi connectivity index (χ0n) is 18.5. The molecular formula is C24H24BrFO6. The van der Waals surface area contributed by atoms with Gasteiger partial charge in [-0.05, 0) is 59.4 Å². The number of hydrogen-bond donors (Lipinski definition) is 0. The fourth-order valence-corrected chi connectivity index (χ4v) is 3.81. The Kier molecular flexibility index (Phi) is 7.45. The van der Waals surface area contributed by atoms with Gasteiger partial charge in [-0.3, -0.25) is 0 Å². The number of methoxy groups -OCH3 is 3. The molecule has 0 aliphatic carbocycles. The van der Waals surface area contributed by atoms with E-state index in [4.69, 9.17) is 23.7 Å². The Labute approximate surface area is 194 Å². The van der Waals surface area contributed by atoms with Crippen LogP contribution >= 0.6 is 15.9 Å². The zero-order valence-corrected chi connectivity index (χ0v) is 20.0. The fourth-order valence-electron chi connectivity index (χ4n) is 3.29. The van der Waals surface area contributed by atoms with Crippen LogP contribution in [0.15, 0.2) is 40.9 Å². The van der Waals surface area contributed by atoms with Gasteiger partial charge in [0.05, 0.1) is 37.3 Å². The van der Waals surface area contributed by atoms with Crippen molar-refractivity contribution in [3.8, 4) is 23.0 Å². The Morgan fingerprint density at radius 1 is 1.03 bits per heavy atom. The number of rotatable bonds is 8. The van der Waals surface area contributed by atoms with Gasteiger partial charge in [0, 0.05) is 11.6 Å². The highest BCUT2D eigenvalue weighted by atomic mass is 79.9. The molecule has 3 rings (SSSR count). The van der Waals surface area contributed by atoms with Gasteiger partial charge in [0.25, 0.3) is 0 Å². The first-order chi connectivity index (χ1) is 15.3. The average molecular weight is 507 g/mol. The monoisotopic (exact) mass is 506 g/mol. The summed E-state index contributed by atoms with van der Waals surface area (Å²) in [6.07, 6.45) is -0.123. The van der Waals surface area contributed by atoms with Crippen LogP contribution in [0.4, 0.5) is 4.39 Å². The van der Waals surface area contributed by atoms with E-state index in [1.165, 1.54) is 25.3 Å². The van der Waals surface area contributed by atoms with E-state index < -0.39 is 11.8 Å². The van der Waals surface area contributed by atoms with Crippen molar-refractivity contribution < 1.29 is 32.9 Å². The number of carbonyl (C=O) groups excluding carboxylic acids is 1. The molecule has 0 spiro atoms. The van der Waals surface area contributed by atoms with Gasteiger partial charge in [0.1, 0.15) is 41.0 Å². The molecule has 0 saturated heterocycles. The van der Waals surface area contributed by atoms with Crippen LogP contribution in [0.1, 0.15) is 29.8 Å². The lowest BCUT2D eigenvalue weighted by atomic mass is 10.0. The molecule has 0 aliphatic rings. The van der Waals surface area contributed by atoms with Crippen LogP contribution < -0.4 is 18.9 Å². The van der Waals surface area contributed by atoms with Crippen molar-refractivity contribution in [2.24, 2.45) is 0 Å². The van der Waals surface area contributed by atoms with Crippen molar-refractivity contribution in [3.63, 3.8) is 0 Å². The molecule has 0 fully saturated rings. The summed E-state index contributed by atoms with van der Waals surface area (Å²) in [5, 5.41) is 1.52. The SMILES string of the molecule is COc1cc(OC)c2c(OC(C)C)c(Br)c(COC(=O)c3c(F)cccc3OC)cc2c1. The number of esters is 1. The predicted octanol–water partition coefficient (Wildman–Crippen LogP) is 5.91. The molecule has 32 heavy (non-hydrogen) atoms. The van der Waals surface area contributed by atoms with Crippen LogP contribution in [-0.4, -0.2) is 33.4 Å². The first-order valence-corrected chi connectivity index (χ1v) is 10.6. The van der Waals surface area contributed by atoms with E-state index in [0.717, 1.165) is 10.8 Å². The Hall–Kier alpha value is -3.00. The minimum atomic E-state index is -0.832. The summed E-state index contributed by atoms with van der Waals surface area (Å²) in [6, 6.07) is 9.58. The van der Waals surface area contributed by atoms with Gasteiger partial charge in [-0.1, -0.05) is 6.07 Å². The minimum Gasteiger partial charge on any atom is -0.497 e. The maximum Gasteiger partial charge on any atom is 0.345 e. The van der Waals surface area contributed by atoms with Crippen molar-refractivity contribution in [2.75, 3.05) is 21.3 Å². The Morgan fingerprint density at radius 3 is 2.38 bits per heavy atom. The van der Waals surface area contributed by atoms with E-state index >= 15 is 0 Å². The van der Waals surface area contributed by atoms with Gasteiger partial charge in [-0.25, -0.2) is 9.18 Å². The third kappa shape index (κ3) is 4.75. The fraction of sp³-hybridized carbons (Fsp3) is 0.292. The van der Waals surface area contributed by atoms with Gasteiger partial charge < -0.3 is 23.7 Å². The van der Waals surface area contributed by atoms with E-state index in [9.17, 15) is 9.18 Å². The molecule has 0 heterocycles. The number of ether oxygens (including phenoxy) is 5. The summed E-state index contributed by atoms with van der Waals surface area (Å²) in [5.74, 6) is 0.283. The van der Waals surface area contributed by atoms with E-state index in [-0.39, 0.29) is 24.0 Å². The Bertz CT molecular complexity index is 1150. The van der Waals surface area contributed by atoms with Crippen LogP contribution in [0.3, 0.4) is 0 Å². The van der Waals surface area contributed by atoms with E-state index in [0.29, 0.717) is 27.3 Å². The first kappa shape index (κ1) is 23.7. The molecule has 0 aliphatic heterocycles. The average Bonchev–Trinajstić information content (AvgIpc) is 2.78.